The van der Waals surface area contributed by atoms with Crippen molar-refractivity contribution in [1.82, 2.24) is 15.6 Å². The topological polar surface area (TPSA) is 75.5 Å². The molecule has 7 heteroatoms. The van der Waals surface area contributed by atoms with Crippen LogP contribution in [0.25, 0.3) is 10.2 Å². The van der Waals surface area contributed by atoms with Gasteiger partial charge >= 0.3 is 6.03 Å². The molecule has 2 aromatic rings. The Morgan fingerprint density at radius 2 is 2.00 bits per heavy atom. The zero-order valence-electron chi connectivity index (χ0n) is 16.1. The molecule has 3 amide bonds. The minimum absolute atomic E-state index is 0.203. The van der Waals surface area contributed by atoms with E-state index in [2.05, 4.69) is 42.7 Å². The largest absolute Gasteiger partial charge is 0.338 e. The molecule has 0 bridgehead atoms. The van der Waals surface area contributed by atoms with Gasteiger partial charge in [0.2, 0.25) is 0 Å². The van der Waals surface area contributed by atoms with Gasteiger partial charge in [0.15, 0.2) is 6.54 Å². The molecule has 1 aromatic carbocycles. The first-order chi connectivity index (χ1) is 13.0. The van der Waals surface area contributed by atoms with Gasteiger partial charge in [0.25, 0.3) is 5.91 Å². The van der Waals surface area contributed by atoms with Crippen molar-refractivity contribution in [1.29, 1.82) is 0 Å². The molecule has 3 rings (SSSR count). The van der Waals surface area contributed by atoms with Gasteiger partial charge in [-0.3, -0.25) is 10.1 Å². The fraction of sp³-hybridized carbons (Fsp3) is 0.550. The fourth-order valence-corrected chi connectivity index (χ4v) is 4.57. The van der Waals surface area contributed by atoms with Crippen LogP contribution in [-0.2, 0) is 4.79 Å². The van der Waals surface area contributed by atoms with Crippen LogP contribution >= 0.6 is 11.3 Å². The summed E-state index contributed by atoms with van der Waals surface area (Å²) in [5.41, 5.74) is 1.08. The van der Waals surface area contributed by atoms with E-state index in [1.165, 1.54) is 14.6 Å². The second-order valence-corrected chi connectivity index (χ2v) is 8.77. The Kier molecular flexibility index (Phi) is 6.79. The Bertz CT molecular complexity index is 748. The molecule has 0 atom stereocenters. The Morgan fingerprint density at radius 3 is 2.70 bits per heavy atom. The zero-order chi connectivity index (χ0) is 19.2. The minimum Gasteiger partial charge on any atom is -0.338 e. The van der Waals surface area contributed by atoms with Crippen molar-refractivity contribution < 1.29 is 14.5 Å². The van der Waals surface area contributed by atoms with E-state index in [0.717, 1.165) is 37.9 Å². The number of carbonyl (C=O) groups is 2. The molecule has 3 N–H and O–H groups in total. The number of benzene rings is 1. The number of hydrogen-bond acceptors (Lipinski definition) is 4. The molecule has 0 unspecified atom stereocenters. The number of carbonyl (C=O) groups excluding carboxylic acids is 2. The first-order valence-corrected chi connectivity index (χ1v) is 10.6. The number of rotatable bonds is 6. The first kappa shape index (κ1) is 19.8. The molecule has 0 aliphatic carbocycles. The molecular formula is C20H29N4O2S+. The molecule has 27 heavy (non-hydrogen) atoms. The van der Waals surface area contributed by atoms with E-state index in [9.17, 15) is 9.59 Å². The van der Waals surface area contributed by atoms with Crippen molar-refractivity contribution in [3.63, 3.8) is 0 Å². The monoisotopic (exact) mass is 389 g/mol. The number of nitrogens with one attached hydrogen (secondary N) is 3. The maximum atomic E-state index is 12.1. The highest BCUT2D eigenvalue weighted by Gasteiger charge is 2.27. The number of para-hydroxylation sites is 1. The number of imide groups is 1. The second kappa shape index (κ2) is 9.28. The maximum absolute atomic E-state index is 12.1. The summed E-state index contributed by atoms with van der Waals surface area (Å²) in [6, 6.07) is 7.87. The number of urea groups is 1. The van der Waals surface area contributed by atoms with Crippen molar-refractivity contribution in [3.8, 4) is 0 Å². The van der Waals surface area contributed by atoms with Crippen LogP contribution in [0.2, 0.25) is 0 Å². The number of hydrogen-bond donors (Lipinski definition) is 3. The number of aromatic nitrogens is 1. The third kappa shape index (κ3) is 5.74. The van der Waals surface area contributed by atoms with Crippen LogP contribution in [0.15, 0.2) is 24.3 Å². The molecule has 146 valence electrons. The maximum Gasteiger partial charge on any atom is 0.321 e. The SMILES string of the molecule is CC(C)CCNC(=O)NC(=O)C[NH+]1CCC(c2nc3ccccc3s2)CC1. The van der Waals surface area contributed by atoms with Crippen molar-refractivity contribution in [2.75, 3.05) is 26.2 Å². The van der Waals surface area contributed by atoms with Crippen LogP contribution in [0.4, 0.5) is 4.79 Å². The summed E-state index contributed by atoms with van der Waals surface area (Å²) in [6.45, 7) is 7.02. The summed E-state index contributed by atoms with van der Waals surface area (Å²) in [7, 11) is 0. The Hall–Kier alpha value is -1.99. The number of thiazole rings is 1. The second-order valence-electron chi connectivity index (χ2n) is 7.71. The standard InChI is InChI=1S/C20H28N4O2S/c1-14(2)7-10-21-20(26)23-18(25)13-24-11-8-15(9-12-24)19-22-16-5-3-4-6-17(16)27-19/h3-6,14-15H,7-13H2,1-2H3,(H2,21,23,25,26)/p+1. The van der Waals surface area contributed by atoms with Crippen LogP contribution in [0.5, 0.6) is 0 Å². The van der Waals surface area contributed by atoms with Crippen molar-refractivity contribution >= 4 is 33.5 Å². The summed E-state index contributed by atoms with van der Waals surface area (Å²) in [6.07, 6.45) is 2.97. The van der Waals surface area contributed by atoms with Crippen LogP contribution in [0.1, 0.15) is 44.0 Å². The Labute approximate surface area is 164 Å². The van der Waals surface area contributed by atoms with Gasteiger partial charge in [-0.1, -0.05) is 26.0 Å². The number of quaternary nitrogens is 1. The Morgan fingerprint density at radius 1 is 1.26 bits per heavy atom. The smallest absolute Gasteiger partial charge is 0.321 e. The highest BCUT2D eigenvalue weighted by molar-refractivity contribution is 7.18. The number of fused-ring (bicyclic) bond motifs is 1. The van der Waals surface area contributed by atoms with Gasteiger partial charge in [-0.05, 0) is 24.5 Å². The molecule has 1 fully saturated rings. The van der Waals surface area contributed by atoms with Crippen molar-refractivity contribution in [3.05, 3.63) is 29.3 Å². The molecule has 0 radical (unpaired) electrons. The lowest BCUT2D eigenvalue weighted by molar-refractivity contribution is -0.897. The number of nitrogens with zero attached hydrogens (tertiary/aromatic N) is 1. The lowest BCUT2D eigenvalue weighted by Gasteiger charge is -2.27. The third-order valence-corrected chi connectivity index (χ3v) is 6.22. The average molecular weight is 390 g/mol. The fourth-order valence-electron chi connectivity index (χ4n) is 3.43. The van der Waals surface area contributed by atoms with Gasteiger partial charge in [0.05, 0.1) is 28.3 Å². The molecule has 2 heterocycles. The highest BCUT2D eigenvalue weighted by atomic mass is 32.1. The van der Waals surface area contributed by atoms with E-state index in [1.54, 1.807) is 11.3 Å². The molecule has 0 spiro atoms. The first-order valence-electron chi connectivity index (χ1n) is 9.78. The molecule has 0 saturated carbocycles. The summed E-state index contributed by atoms with van der Waals surface area (Å²) in [5, 5.41) is 6.39. The number of piperidine rings is 1. The van der Waals surface area contributed by atoms with Gasteiger partial charge in [-0.2, -0.15) is 0 Å². The average Bonchev–Trinajstić information content (AvgIpc) is 3.06. The van der Waals surface area contributed by atoms with Crippen LogP contribution in [-0.4, -0.2) is 43.1 Å². The normalized spacial score (nSPS) is 20.0. The van der Waals surface area contributed by atoms with E-state index in [1.807, 2.05) is 6.07 Å². The van der Waals surface area contributed by atoms with Gasteiger partial charge < -0.3 is 10.2 Å². The van der Waals surface area contributed by atoms with Crippen LogP contribution < -0.4 is 15.5 Å². The van der Waals surface area contributed by atoms with Crippen molar-refractivity contribution in [2.24, 2.45) is 5.92 Å². The van der Waals surface area contributed by atoms with Gasteiger partial charge in [0, 0.05) is 25.3 Å². The molecule has 1 aromatic heterocycles. The molecular weight excluding hydrogens is 360 g/mol. The minimum atomic E-state index is -0.385. The van der Waals surface area contributed by atoms with Crippen molar-refractivity contribution in [2.45, 2.75) is 39.0 Å². The summed E-state index contributed by atoms with van der Waals surface area (Å²) < 4.78 is 1.24. The third-order valence-electron chi connectivity index (χ3n) is 5.02. The van der Waals surface area contributed by atoms with Crippen LogP contribution in [0.3, 0.4) is 0 Å². The van der Waals surface area contributed by atoms with Gasteiger partial charge in [-0.25, -0.2) is 9.78 Å². The summed E-state index contributed by atoms with van der Waals surface area (Å²) >= 11 is 1.78. The number of likely N-dealkylation sites (tertiary alicyclic amines) is 1. The highest BCUT2D eigenvalue weighted by Crippen LogP contribution is 2.31. The van der Waals surface area contributed by atoms with Gasteiger partial charge in [0.1, 0.15) is 0 Å². The zero-order valence-corrected chi connectivity index (χ0v) is 16.9. The quantitative estimate of drug-likeness (QED) is 0.707. The van der Waals surface area contributed by atoms with E-state index in [-0.39, 0.29) is 11.9 Å². The summed E-state index contributed by atoms with van der Waals surface area (Å²) in [5.74, 6) is 0.807. The molecule has 1 aliphatic rings. The Balaban J connectivity index is 1.41. The molecule has 6 nitrogen and oxygen atoms in total. The van der Waals surface area contributed by atoms with E-state index in [4.69, 9.17) is 4.98 Å². The predicted molar refractivity (Wildman–Crippen MR) is 108 cm³/mol. The molecule has 1 saturated heterocycles. The van der Waals surface area contributed by atoms with Crippen LogP contribution in [0, 0.1) is 5.92 Å². The molecule has 1 aliphatic heterocycles. The van der Waals surface area contributed by atoms with E-state index < -0.39 is 0 Å². The number of amides is 3. The van der Waals surface area contributed by atoms with E-state index >= 15 is 0 Å². The summed E-state index contributed by atoms with van der Waals surface area (Å²) in [4.78, 5) is 29.8. The predicted octanol–water partition coefficient (Wildman–Crippen LogP) is 1.93. The lowest BCUT2D eigenvalue weighted by Crippen LogP contribution is -3.14. The van der Waals surface area contributed by atoms with Gasteiger partial charge in [-0.15, -0.1) is 11.3 Å². The lowest BCUT2D eigenvalue weighted by atomic mass is 9.97. The van der Waals surface area contributed by atoms with E-state index in [0.29, 0.717) is 24.9 Å².